The Balaban J connectivity index is 1.25. The molecule has 0 unspecified atom stereocenters. The number of fused-ring (bicyclic) bond motifs is 1. The Bertz CT molecular complexity index is 878. The van der Waals surface area contributed by atoms with Gasteiger partial charge in [0.05, 0.1) is 12.8 Å². The van der Waals surface area contributed by atoms with Crippen molar-refractivity contribution >= 4 is 16.7 Å². The number of hydrogen-bond acceptors (Lipinski definition) is 2. The predicted molar refractivity (Wildman–Crippen MR) is 104 cm³/mol. The largest absolute Gasteiger partial charge is 0.467 e. The smallest absolute Gasteiger partial charge is 0.275 e. The Labute approximate surface area is 159 Å². The fraction of sp³-hybridized carbons (Fsp3) is 0.318. The SMILES string of the molecule is O=C(C[NH+]1CC[NH+](Cc2cccc3ccccc23)CC1)NCc1ccco1. The predicted octanol–water partition coefficient (Wildman–Crippen LogP) is 0.0326. The topological polar surface area (TPSA) is 51.1 Å². The number of rotatable bonds is 6. The van der Waals surface area contributed by atoms with E-state index in [-0.39, 0.29) is 5.91 Å². The van der Waals surface area contributed by atoms with Gasteiger partial charge >= 0.3 is 0 Å². The van der Waals surface area contributed by atoms with Crippen molar-refractivity contribution in [2.24, 2.45) is 0 Å². The van der Waals surface area contributed by atoms with Crippen LogP contribution in [0.15, 0.2) is 65.3 Å². The summed E-state index contributed by atoms with van der Waals surface area (Å²) in [5.41, 5.74) is 1.42. The van der Waals surface area contributed by atoms with Crippen LogP contribution >= 0.6 is 0 Å². The van der Waals surface area contributed by atoms with E-state index in [1.807, 2.05) is 12.1 Å². The lowest BCUT2D eigenvalue weighted by atomic mass is 10.0. The van der Waals surface area contributed by atoms with Crippen LogP contribution in [-0.2, 0) is 17.9 Å². The molecule has 5 nitrogen and oxygen atoms in total. The molecule has 0 spiro atoms. The minimum Gasteiger partial charge on any atom is -0.467 e. The molecule has 0 aliphatic carbocycles. The van der Waals surface area contributed by atoms with E-state index in [1.54, 1.807) is 11.2 Å². The highest BCUT2D eigenvalue weighted by molar-refractivity contribution is 5.85. The monoisotopic (exact) mass is 365 g/mol. The van der Waals surface area contributed by atoms with Crippen LogP contribution in [0.4, 0.5) is 0 Å². The van der Waals surface area contributed by atoms with Crippen LogP contribution in [0.1, 0.15) is 11.3 Å². The van der Waals surface area contributed by atoms with E-state index in [9.17, 15) is 4.79 Å². The zero-order chi connectivity index (χ0) is 18.5. The first-order chi connectivity index (χ1) is 13.3. The summed E-state index contributed by atoms with van der Waals surface area (Å²) >= 11 is 0. The second-order valence-corrected chi connectivity index (χ2v) is 7.35. The molecule has 1 aliphatic heterocycles. The minimum atomic E-state index is 0.0962. The zero-order valence-electron chi connectivity index (χ0n) is 15.5. The molecule has 1 saturated heterocycles. The Morgan fingerprint density at radius 1 is 0.926 bits per heavy atom. The van der Waals surface area contributed by atoms with Crippen LogP contribution < -0.4 is 15.1 Å². The van der Waals surface area contributed by atoms with Crippen LogP contribution in [0.25, 0.3) is 10.8 Å². The molecule has 0 saturated carbocycles. The van der Waals surface area contributed by atoms with E-state index in [0.29, 0.717) is 13.1 Å². The summed E-state index contributed by atoms with van der Waals surface area (Å²) in [4.78, 5) is 15.1. The fourth-order valence-electron chi connectivity index (χ4n) is 3.92. The third kappa shape index (κ3) is 4.56. The van der Waals surface area contributed by atoms with Crippen molar-refractivity contribution in [1.82, 2.24) is 5.32 Å². The number of furan rings is 1. The van der Waals surface area contributed by atoms with Crippen LogP contribution in [-0.4, -0.2) is 38.6 Å². The second kappa shape index (κ2) is 8.37. The summed E-state index contributed by atoms with van der Waals surface area (Å²) in [6, 6.07) is 18.9. The number of amides is 1. The molecule has 1 aliphatic rings. The number of carbonyl (C=O) groups excluding carboxylic acids is 1. The molecule has 0 bridgehead atoms. The molecule has 4 rings (SSSR count). The molecule has 27 heavy (non-hydrogen) atoms. The second-order valence-electron chi connectivity index (χ2n) is 7.35. The van der Waals surface area contributed by atoms with Gasteiger partial charge in [0.25, 0.3) is 5.91 Å². The van der Waals surface area contributed by atoms with Gasteiger partial charge in [-0.3, -0.25) is 4.79 Å². The van der Waals surface area contributed by atoms with E-state index in [0.717, 1.165) is 38.5 Å². The molecule has 3 aromatic rings. The number of nitrogens with one attached hydrogen (secondary N) is 3. The van der Waals surface area contributed by atoms with E-state index < -0.39 is 0 Å². The standard InChI is InChI=1S/C22H25N3O2/c26-22(23-15-20-8-4-14-27-20)17-25-12-10-24(11-13-25)16-19-7-3-6-18-5-1-2-9-21(18)19/h1-9,14H,10-13,15-17H2,(H,23,26)/p+2. The van der Waals surface area contributed by atoms with Gasteiger partial charge in [0.2, 0.25) is 0 Å². The van der Waals surface area contributed by atoms with Crippen LogP contribution in [0, 0.1) is 0 Å². The maximum absolute atomic E-state index is 12.1. The van der Waals surface area contributed by atoms with E-state index in [4.69, 9.17) is 4.42 Å². The lowest BCUT2D eigenvalue weighted by Crippen LogP contribution is -3.28. The molecule has 1 aromatic heterocycles. The van der Waals surface area contributed by atoms with Gasteiger partial charge in [0.15, 0.2) is 6.54 Å². The highest BCUT2D eigenvalue weighted by Gasteiger charge is 2.25. The number of hydrogen-bond donors (Lipinski definition) is 3. The fourth-order valence-corrected chi connectivity index (χ4v) is 3.92. The molecule has 1 fully saturated rings. The van der Waals surface area contributed by atoms with Crippen LogP contribution in [0.5, 0.6) is 0 Å². The van der Waals surface area contributed by atoms with Gasteiger partial charge in [0, 0.05) is 5.56 Å². The quantitative estimate of drug-likeness (QED) is 0.578. The van der Waals surface area contributed by atoms with Gasteiger partial charge in [0.1, 0.15) is 38.5 Å². The zero-order valence-corrected chi connectivity index (χ0v) is 15.5. The van der Waals surface area contributed by atoms with Crippen molar-refractivity contribution in [3.8, 4) is 0 Å². The van der Waals surface area contributed by atoms with Gasteiger partial charge in [-0.05, 0) is 22.9 Å². The molecule has 140 valence electrons. The summed E-state index contributed by atoms with van der Waals surface area (Å²) in [6.07, 6.45) is 1.63. The molecule has 2 aromatic carbocycles. The highest BCUT2D eigenvalue weighted by Crippen LogP contribution is 2.17. The first kappa shape index (κ1) is 17.8. The number of piperazine rings is 1. The average molecular weight is 365 g/mol. The van der Waals surface area contributed by atoms with Gasteiger partial charge in [-0.15, -0.1) is 0 Å². The van der Waals surface area contributed by atoms with Crippen molar-refractivity contribution in [3.63, 3.8) is 0 Å². The van der Waals surface area contributed by atoms with Gasteiger partial charge in [-0.1, -0.05) is 42.5 Å². The average Bonchev–Trinajstić information content (AvgIpc) is 3.22. The maximum atomic E-state index is 12.1. The van der Waals surface area contributed by atoms with Crippen molar-refractivity contribution in [3.05, 3.63) is 72.2 Å². The third-order valence-electron chi connectivity index (χ3n) is 5.44. The van der Waals surface area contributed by atoms with Crippen molar-refractivity contribution in [2.75, 3.05) is 32.7 Å². The number of benzene rings is 2. The van der Waals surface area contributed by atoms with E-state index in [2.05, 4.69) is 47.8 Å². The molecule has 2 heterocycles. The lowest BCUT2D eigenvalue weighted by molar-refractivity contribution is -1.02. The normalized spacial score (nSPS) is 19.9. The molecule has 1 amide bonds. The number of carbonyl (C=O) groups is 1. The third-order valence-corrected chi connectivity index (χ3v) is 5.44. The van der Waals surface area contributed by atoms with Crippen LogP contribution in [0.2, 0.25) is 0 Å². The lowest BCUT2D eigenvalue weighted by Gasteiger charge is -2.29. The van der Waals surface area contributed by atoms with Crippen molar-refractivity contribution < 1.29 is 19.0 Å². The van der Waals surface area contributed by atoms with E-state index in [1.165, 1.54) is 21.2 Å². The summed E-state index contributed by atoms with van der Waals surface area (Å²) in [5, 5.41) is 5.62. The summed E-state index contributed by atoms with van der Waals surface area (Å²) in [5.74, 6) is 0.890. The molecule has 5 heteroatoms. The first-order valence-electron chi connectivity index (χ1n) is 9.71. The molecule has 3 N–H and O–H groups in total. The first-order valence-corrected chi connectivity index (χ1v) is 9.71. The Kier molecular flexibility index (Phi) is 5.51. The van der Waals surface area contributed by atoms with Crippen molar-refractivity contribution in [2.45, 2.75) is 13.1 Å². The van der Waals surface area contributed by atoms with Gasteiger partial charge in [-0.2, -0.15) is 0 Å². The van der Waals surface area contributed by atoms with Crippen molar-refractivity contribution in [1.29, 1.82) is 0 Å². The molecular formula is C22H27N3O2+2. The summed E-state index contributed by atoms with van der Waals surface area (Å²) in [6.45, 7) is 6.34. The Morgan fingerprint density at radius 3 is 2.52 bits per heavy atom. The summed E-state index contributed by atoms with van der Waals surface area (Å²) in [7, 11) is 0. The number of quaternary nitrogens is 2. The maximum Gasteiger partial charge on any atom is 0.275 e. The van der Waals surface area contributed by atoms with E-state index >= 15 is 0 Å². The molecule has 0 atom stereocenters. The highest BCUT2D eigenvalue weighted by atomic mass is 16.3. The van der Waals surface area contributed by atoms with Gasteiger partial charge in [-0.25, -0.2) is 0 Å². The Morgan fingerprint density at radius 2 is 1.70 bits per heavy atom. The Hall–Kier alpha value is -2.63. The molecular weight excluding hydrogens is 338 g/mol. The van der Waals surface area contributed by atoms with Crippen LogP contribution in [0.3, 0.4) is 0 Å². The minimum absolute atomic E-state index is 0.0962. The molecule has 0 radical (unpaired) electrons. The van der Waals surface area contributed by atoms with Gasteiger partial charge < -0.3 is 19.5 Å². The summed E-state index contributed by atoms with van der Waals surface area (Å²) < 4.78 is 5.25.